The van der Waals surface area contributed by atoms with Crippen molar-refractivity contribution in [3.8, 4) is 0 Å². The zero-order chi connectivity index (χ0) is 24.2. The summed E-state index contributed by atoms with van der Waals surface area (Å²) in [6.07, 6.45) is 1.59. The van der Waals surface area contributed by atoms with E-state index in [4.69, 9.17) is 0 Å². The van der Waals surface area contributed by atoms with Gasteiger partial charge < -0.3 is 4.90 Å². The molecule has 4 aromatic rings. The third kappa shape index (κ3) is 4.93. The van der Waals surface area contributed by atoms with E-state index in [1.807, 2.05) is 48.5 Å². The number of aromatic nitrogens is 3. The number of nitrogens with zero attached hydrogens (tertiary/aromatic N) is 5. The maximum atomic E-state index is 13.1. The highest BCUT2D eigenvalue weighted by atomic mass is 16.2. The summed E-state index contributed by atoms with van der Waals surface area (Å²) in [6.45, 7) is 3.59. The lowest BCUT2D eigenvalue weighted by molar-refractivity contribution is -0.133. The van der Waals surface area contributed by atoms with Crippen LogP contribution in [0.3, 0.4) is 0 Å². The molecule has 0 aliphatic carbocycles. The van der Waals surface area contributed by atoms with Gasteiger partial charge in [-0.1, -0.05) is 60.7 Å². The van der Waals surface area contributed by atoms with Crippen LogP contribution < -0.4 is 11.1 Å². The summed E-state index contributed by atoms with van der Waals surface area (Å²) in [7, 11) is 0. The minimum absolute atomic E-state index is 0.170. The predicted octanol–water partition coefficient (Wildman–Crippen LogP) is 1.95. The van der Waals surface area contributed by atoms with Crippen molar-refractivity contribution in [2.45, 2.75) is 19.6 Å². The maximum Gasteiger partial charge on any atom is 0.318 e. The van der Waals surface area contributed by atoms with Crippen molar-refractivity contribution in [2.75, 3.05) is 26.2 Å². The molecule has 1 aliphatic heterocycles. The molecule has 0 N–H and O–H groups in total. The number of rotatable bonds is 6. The summed E-state index contributed by atoms with van der Waals surface area (Å²) in [5.41, 5.74) is 1.61. The largest absolute Gasteiger partial charge is 0.339 e. The van der Waals surface area contributed by atoms with Crippen molar-refractivity contribution in [1.82, 2.24) is 23.9 Å². The van der Waals surface area contributed by atoms with Crippen LogP contribution in [0.5, 0.6) is 0 Å². The topological polar surface area (TPSA) is 80.4 Å². The lowest BCUT2D eigenvalue weighted by Gasteiger charge is -2.35. The Hall–Kier alpha value is -4.04. The highest BCUT2D eigenvalue weighted by molar-refractivity contribution is 5.79. The highest BCUT2D eigenvalue weighted by Crippen LogP contribution is 2.12. The molecule has 1 aliphatic rings. The van der Waals surface area contributed by atoms with Crippen LogP contribution in [0.2, 0.25) is 0 Å². The minimum atomic E-state index is -0.711. The van der Waals surface area contributed by atoms with Gasteiger partial charge in [0.25, 0.3) is 0 Å². The second-order valence-electron chi connectivity index (χ2n) is 8.76. The van der Waals surface area contributed by atoms with Gasteiger partial charge in [-0.25, -0.2) is 4.98 Å². The molecule has 1 fully saturated rings. The van der Waals surface area contributed by atoms with E-state index in [-0.39, 0.29) is 19.0 Å². The number of amides is 1. The average Bonchev–Trinajstić information content (AvgIpc) is 2.90. The summed E-state index contributed by atoms with van der Waals surface area (Å²) in [5.74, 6) is -0.170. The van der Waals surface area contributed by atoms with Crippen molar-refractivity contribution in [3.63, 3.8) is 0 Å². The third-order valence-electron chi connectivity index (χ3n) is 6.44. The van der Waals surface area contributed by atoms with Crippen molar-refractivity contribution >= 4 is 17.1 Å². The zero-order valence-corrected chi connectivity index (χ0v) is 19.4. The number of hydrogen-bond donors (Lipinski definition) is 0. The van der Waals surface area contributed by atoms with E-state index in [1.54, 1.807) is 23.2 Å². The molecule has 8 nitrogen and oxygen atoms in total. The molecule has 0 radical (unpaired) electrons. The van der Waals surface area contributed by atoms with Crippen molar-refractivity contribution < 1.29 is 4.79 Å². The number of piperazine rings is 1. The molecule has 0 unspecified atom stereocenters. The van der Waals surface area contributed by atoms with E-state index >= 15 is 0 Å². The van der Waals surface area contributed by atoms with E-state index in [9.17, 15) is 14.4 Å². The first-order chi connectivity index (χ1) is 17.1. The molecule has 0 atom stereocenters. The lowest BCUT2D eigenvalue weighted by atomic mass is 10.2. The Morgan fingerprint density at radius 3 is 1.97 bits per heavy atom. The fourth-order valence-electron chi connectivity index (χ4n) is 4.55. The summed E-state index contributed by atoms with van der Waals surface area (Å²) in [6, 6.07) is 23.2. The lowest BCUT2D eigenvalue weighted by Crippen LogP contribution is -2.50. The molecule has 3 heterocycles. The Kier molecular flexibility index (Phi) is 6.54. The molecule has 35 heavy (non-hydrogen) atoms. The van der Waals surface area contributed by atoms with Gasteiger partial charge in [0.15, 0.2) is 5.65 Å². The molecule has 0 bridgehead atoms. The first-order valence-electron chi connectivity index (χ1n) is 11.8. The van der Waals surface area contributed by atoms with Crippen molar-refractivity contribution in [2.24, 2.45) is 0 Å². The van der Waals surface area contributed by atoms with Crippen molar-refractivity contribution in [3.05, 3.63) is 111 Å². The van der Waals surface area contributed by atoms with Gasteiger partial charge >= 0.3 is 11.1 Å². The zero-order valence-electron chi connectivity index (χ0n) is 19.4. The molecule has 8 heteroatoms. The quantitative estimate of drug-likeness (QED) is 0.403. The second-order valence-corrected chi connectivity index (χ2v) is 8.76. The molecule has 2 aromatic carbocycles. The summed E-state index contributed by atoms with van der Waals surface area (Å²) in [5, 5.41) is 0. The van der Waals surface area contributed by atoms with Gasteiger partial charge in [-0.3, -0.25) is 28.4 Å². The van der Waals surface area contributed by atoms with Crippen LogP contribution in [-0.2, 0) is 24.4 Å². The standard InChI is InChI=1S/C27H27N5O3/c33-24(30-16-14-29(15-17-30)18-21-8-3-1-4-9-21)20-31-23-12-7-13-28-25(23)32(27(35)26(31)34)19-22-10-5-2-6-11-22/h1-13H,14-20H2. The molecule has 2 aromatic heterocycles. The van der Waals surface area contributed by atoms with E-state index in [0.29, 0.717) is 24.3 Å². The SMILES string of the molecule is O=C(Cn1c(=O)c(=O)n(Cc2ccccc2)c2ncccc21)N1CCN(Cc2ccccc2)CC1. The fourth-order valence-corrected chi connectivity index (χ4v) is 4.55. The number of carbonyl (C=O) groups excluding carboxylic acids is 1. The van der Waals surface area contributed by atoms with E-state index in [1.165, 1.54) is 14.7 Å². The third-order valence-corrected chi connectivity index (χ3v) is 6.44. The van der Waals surface area contributed by atoms with Gasteiger partial charge in [0.2, 0.25) is 5.91 Å². The number of benzene rings is 2. The molecule has 0 spiro atoms. The summed E-state index contributed by atoms with van der Waals surface area (Å²) >= 11 is 0. The van der Waals surface area contributed by atoms with Gasteiger partial charge in [0.05, 0.1) is 12.1 Å². The molecule has 1 amide bonds. The molecule has 1 saturated heterocycles. The second kappa shape index (κ2) is 10.1. The Bertz CT molecular complexity index is 1440. The summed E-state index contributed by atoms with van der Waals surface area (Å²) in [4.78, 5) is 47.7. The van der Waals surface area contributed by atoms with Gasteiger partial charge in [-0.05, 0) is 23.3 Å². The van der Waals surface area contributed by atoms with E-state index < -0.39 is 11.1 Å². The predicted molar refractivity (Wildman–Crippen MR) is 134 cm³/mol. The van der Waals surface area contributed by atoms with Gasteiger partial charge in [-0.15, -0.1) is 0 Å². The molecule has 0 saturated carbocycles. The van der Waals surface area contributed by atoms with Crippen LogP contribution in [0.25, 0.3) is 11.2 Å². The Balaban J connectivity index is 1.35. The molecular formula is C27H27N5O3. The Morgan fingerprint density at radius 1 is 0.714 bits per heavy atom. The average molecular weight is 470 g/mol. The normalized spacial score (nSPS) is 14.3. The van der Waals surface area contributed by atoms with E-state index in [0.717, 1.165) is 25.2 Å². The fraction of sp³-hybridized carbons (Fsp3) is 0.259. The first-order valence-corrected chi connectivity index (χ1v) is 11.8. The molecule has 178 valence electrons. The first kappa shape index (κ1) is 22.7. The van der Waals surface area contributed by atoms with Crippen molar-refractivity contribution in [1.29, 1.82) is 0 Å². The van der Waals surface area contributed by atoms with Gasteiger partial charge in [-0.2, -0.15) is 0 Å². The molecule has 5 rings (SSSR count). The Morgan fingerprint density at radius 2 is 1.31 bits per heavy atom. The monoisotopic (exact) mass is 469 g/mol. The van der Waals surface area contributed by atoms with Crippen LogP contribution in [0.4, 0.5) is 0 Å². The highest BCUT2D eigenvalue weighted by Gasteiger charge is 2.23. The smallest absolute Gasteiger partial charge is 0.318 e. The number of carbonyl (C=O) groups is 1. The minimum Gasteiger partial charge on any atom is -0.339 e. The van der Waals surface area contributed by atoms with Gasteiger partial charge in [0, 0.05) is 38.9 Å². The van der Waals surface area contributed by atoms with Gasteiger partial charge in [0.1, 0.15) is 6.54 Å². The van der Waals surface area contributed by atoms with Crippen LogP contribution in [0.1, 0.15) is 11.1 Å². The van der Waals surface area contributed by atoms with Crippen LogP contribution >= 0.6 is 0 Å². The van der Waals surface area contributed by atoms with Crippen LogP contribution in [-0.4, -0.2) is 56.0 Å². The Labute approximate surface area is 202 Å². The summed E-state index contributed by atoms with van der Waals surface area (Å²) < 4.78 is 2.65. The van der Waals surface area contributed by atoms with Crippen LogP contribution in [0.15, 0.2) is 88.6 Å². The van der Waals surface area contributed by atoms with Crippen LogP contribution in [0, 0.1) is 0 Å². The maximum absolute atomic E-state index is 13.1. The number of hydrogen-bond acceptors (Lipinski definition) is 5. The number of fused-ring (bicyclic) bond motifs is 1. The molecular weight excluding hydrogens is 442 g/mol. The number of pyridine rings is 1. The van der Waals surface area contributed by atoms with E-state index in [2.05, 4.69) is 22.0 Å².